The molecular formula is C26H35NO2S. The molecule has 0 bridgehead atoms. The maximum Gasteiger partial charge on any atom is 0.243 e. The van der Waals surface area contributed by atoms with Crippen LogP contribution in [0.15, 0.2) is 59.5 Å². The summed E-state index contributed by atoms with van der Waals surface area (Å²) in [6.07, 6.45) is 6.81. The third-order valence-corrected chi connectivity index (χ3v) is 9.18. The first-order valence-electron chi connectivity index (χ1n) is 11.4. The predicted molar refractivity (Wildman–Crippen MR) is 123 cm³/mol. The van der Waals surface area contributed by atoms with Gasteiger partial charge in [0.2, 0.25) is 10.0 Å². The number of benzene rings is 2. The van der Waals surface area contributed by atoms with E-state index in [0.717, 1.165) is 24.8 Å². The summed E-state index contributed by atoms with van der Waals surface area (Å²) in [5.74, 6) is 0.626. The largest absolute Gasteiger partial charge is 0.243 e. The summed E-state index contributed by atoms with van der Waals surface area (Å²) in [4.78, 5) is 0.430. The molecule has 2 aliphatic rings. The predicted octanol–water partition coefficient (Wildman–Crippen LogP) is 5.80. The summed E-state index contributed by atoms with van der Waals surface area (Å²) < 4.78 is 28.9. The molecule has 0 aromatic heterocycles. The lowest BCUT2D eigenvalue weighted by molar-refractivity contribution is 0.0258. The summed E-state index contributed by atoms with van der Waals surface area (Å²) in [6.45, 7) is 7.74. The molecule has 1 unspecified atom stereocenters. The van der Waals surface area contributed by atoms with Gasteiger partial charge in [0.25, 0.3) is 0 Å². The van der Waals surface area contributed by atoms with E-state index in [0.29, 0.717) is 23.9 Å². The second-order valence-corrected chi connectivity index (χ2v) is 12.3. The van der Waals surface area contributed by atoms with E-state index in [2.05, 4.69) is 51.1 Å². The van der Waals surface area contributed by atoms with Gasteiger partial charge in [0.05, 0.1) is 4.90 Å². The highest BCUT2D eigenvalue weighted by Crippen LogP contribution is 2.49. The van der Waals surface area contributed by atoms with Gasteiger partial charge in [-0.2, -0.15) is 4.31 Å². The maximum absolute atomic E-state index is 13.5. The molecule has 2 aromatic rings. The zero-order chi connectivity index (χ0) is 21.4. The minimum absolute atomic E-state index is 0.0163. The molecule has 1 aliphatic carbocycles. The highest BCUT2D eigenvalue weighted by molar-refractivity contribution is 7.89. The first kappa shape index (κ1) is 21.6. The van der Waals surface area contributed by atoms with Gasteiger partial charge in [0.1, 0.15) is 0 Å². The van der Waals surface area contributed by atoms with Crippen LogP contribution in [-0.2, 0) is 21.9 Å². The van der Waals surface area contributed by atoms with E-state index in [1.165, 1.54) is 24.8 Å². The SMILES string of the molecule is CC(C)(C)c1ccc(S(=O)(=O)N2CCC3CCCC[C@]3(Cc3ccccc3)C2)cc1. The van der Waals surface area contributed by atoms with E-state index in [9.17, 15) is 8.42 Å². The van der Waals surface area contributed by atoms with E-state index in [1.54, 1.807) is 16.4 Å². The van der Waals surface area contributed by atoms with E-state index in [1.807, 2.05) is 12.1 Å². The van der Waals surface area contributed by atoms with Crippen LogP contribution in [0, 0.1) is 11.3 Å². The number of piperidine rings is 1. The molecule has 1 saturated heterocycles. The first-order valence-corrected chi connectivity index (χ1v) is 12.8. The van der Waals surface area contributed by atoms with Crippen LogP contribution in [-0.4, -0.2) is 25.8 Å². The Hall–Kier alpha value is -1.65. The maximum atomic E-state index is 13.5. The van der Waals surface area contributed by atoms with E-state index >= 15 is 0 Å². The van der Waals surface area contributed by atoms with Gasteiger partial charge >= 0.3 is 0 Å². The Morgan fingerprint density at radius 2 is 1.67 bits per heavy atom. The Labute approximate surface area is 182 Å². The Bertz CT molecular complexity index is 960. The lowest BCUT2D eigenvalue weighted by Crippen LogP contribution is -2.53. The van der Waals surface area contributed by atoms with Crippen molar-refractivity contribution in [3.05, 3.63) is 65.7 Å². The number of hydrogen-bond acceptors (Lipinski definition) is 2. The molecule has 3 nitrogen and oxygen atoms in total. The van der Waals surface area contributed by atoms with E-state index in [-0.39, 0.29) is 10.8 Å². The quantitative estimate of drug-likeness (QED) is 0.621. The molecule has 1 aliphatic heterocycles. The molecular weight excluding hydrogens is 390 g/mol. The molecule has 2 aromatic carbocycles. The van der Waals surface area contributed by atoms with Crippen LogP contribution in [0.5, 0.6) is 0 Å². The van der Waals surface area contributed by atoms with Gasteiger partial charge < -0.3 is 0 Å². The van der Waals surface area contributed by atoms with Gasteiger partial charge in [-0.15, -0.1) is 0 Å². The lowest BCUT2D eigenvalue weighted by Gasteiger charge is -2.51. The number of sulfonamides is 1. The third-order valence-electron chi connectivity index (χ3n) is 7.32. The Kier molecular flexibility index (Phi) is 5.84. The molecule has 162 valence electrons. The molecule has 4 rings (SSSR count). The Morgan fingerprint density at radius 3 is 2.33 bits per heavy atom. The molecule has 0 N–H and O–H groups in total. The molecule has 0 radical (unpaired) electrons. The standard InChI is InChI=1S/C26H35NO2S/c1-25(2,3)22-12-14-24(15-13-22)30(28,29)27-18-16-23-11-7-8-17-26(23,20-27)19-21-9-5-4-6-10-21/h4-6,9-10,12-15,23H,7-8,11,16-20H2,1-3H3/t23?,26-/m0/s1. The smallest absolute Gasteiger partial charge is 0.207 e. The molecule has 0 spiro atoms. The first-order chi connectivity index (χ1) is 14.2. The summed E-state index contributed by atoms with van der Waals surface area (Å²) in [6, 6.07) is 18.2. The summed E-state index contributed by atoms with van der Waals surface area (Å²) in [5, 5.41) is 0. The average molecular weight is 426 g/mol. The van der Waals surface area contributed by atoms with Gasteiger partial charge in [-0.05, 0) is 65.7 Å². The zero-order valence-electron chi connectivity index (χ0n) is 18.6. The van der Waals surface area contributed by atoms with E-state index < -0.39 is 10.0 Å². The van der Waals surface area contributed by atoms with Crippen molar-refractivity contribution in [2.24, 2.45) is 11.3 Å². The van der Waals surface area contributed by atoms with Gasteiger partial charge in [-0.1, -0.05) is 76.1 Å². The highest BCUT2D eigenvalue weighted by Gasteiger charge is 2.47. The number of fused-ring (bicyclic) bond motifs is 1. The van der Waals surface area contributed by atoms with Crippen molar-refractivity contribution >= 4 is 10.0 Å². The number of nitrogens with zero attached hydrogens (tertiary/aromatic N) is 1. The van der Waals surface area contributed by atoms with Gasteiger partial charge in [-0.25, -0.2) is 8.42 Å². The molecule has 0 amide bonds. The lowest BCUT2D eigenvalue weighted by atomic mass is 9.61. The highest BCUT2D eigenvalue weighted by atomic mass is 32.2. The van der Waals surface area contributed by atoms with Gasteiger partial charge in [-0.3, -0.25) is 0 Å². The Balaban J connectivity index is 1.61. The van der Waals surface area contributed by atoms with Crippen LogP contribution in [0.1, 0.15) is 64.0 Å². The van der Waals surface area contributed by atoms with Crippen molar-refractivity contribution < 1.29 is 8.42 Å². The number of rotatable bonds is 4. The monoisotopic (exact) mass is 425 g/mol. The van der Waals surface area contributed by atoms with Gasteiger partial charge in [0, 0.05) is 13.1 Å². The fourth-order valence-corrected chi connectivity index (χ4v) is 7.09. The Morgan fingerprint density at radius 1 is 0.967 bits per heavy atom. The molecule has 1 heterocycles. The van der Waals surface area contributed by atoms with Crippen LogP contribution in [0.4, 0.5) is 0 Å². The summed E-state index contributed by atoms with van der Waals surface area (Å²) in [5.41, 5.74) is 2.57. The molecule has 4 heteroatoms. The molecule has 1 saturated carbocycles. The van der Waals surface area contributed by atoms with Crippen molar-refractivity contribution in [3.8, 4) is 0 Å². The van der Waals surface area contributed by atoms with Crippen molar-refractivity contribution in [3.63, 3.8) is 0 Å². The molecule has 2 fully saturated rings. The topological polar surface area (TPSA) is 37.4 Å². The minimum atomic E-state index is -3.47. The third kappa shape index (κ3) is 4.22. The normalized spacial score (nSPS) is 25.6. The second kappa shape index (κ2) is 8.12. The van der Waals surface area contributed by atoms with E-state index in [4.69, 9.17) is 0 Å². The summed E-state index contributed by atoms with van der Waals surface area (Å²) in [7, 11) is -3.47. The van der Waals surface area contributed by atoms with Crippen LogP contribution in [0.25, 0.3) is 0 Å². The van der Waals surface area contributed by atoms with Crippen LogP contribution in [0.2, 0.25) is 0 Å². The minimum Gasteiger partial charge on any atom is -0.207 e. The molecule has 2 atom stereocenters. The number of hydrogen-bond donors (Lipinski definition) is 0. The van der Waals surface area contributed by atoms with Crippen LogP contribution >= 0.6 is 0 Å². The van der Waals surface area contributed by atoms with Crippen molar-refractivity contribution in [1.29, 1.82) is 0 Å². The molecule has 30 heavy (non-hydrogen) atoms. The fourth-order valence-electron chi connectivity index (χ4n) is 5.54. The van der Waals surface area contributed by atoms with Crippen molar-refractivity contribution in [1.82, 2.24) is 4.31 Å². The second-order valence-electron chi connectivity index (χ2n) is 10.4. The van der Waals surface area contributed by atoms with Crippen LogP contribution in [0.3, 0.4) is 0 Å². The summed E-state index contributed by atoms with van der Waals surface area (Å²) >= 11 is 0. The van der Waals surface area contributed by atoms with Gasteiger partial charge in [0.15, 0.2) is 0 Å². The van der Waals surface area contributed by atoms with Crippen LogP contribution < -0.4 is 0 Å². The fraction of sp³-hybridized carbons (Fsp3) is 0.538. The van der Waals surface area contributed by atoms with Crippen molar-refractivity contribution in [2.75, 3.05) is 13.1 Å². The average Bonchev–Trinajstić information content (AvgIpc) is 2.73. The van der Waals surface area contributed by atoms with Crippen molar-refractivity contribution in [2.45, 2.75) is 69.6 Å². The zero-order valence-corrected chi connectivity index (χ0v) is 19.4.